The number of hydrogen-bond acceptors (Lipinski definition) is 7. The molecule has 3 rings (SSSR count). The minimum absolute atomic E-state index is 0.164. The fourth-order valence-corrected chi connectivity index (χ4v) is 4.01. The van der Waals surface area contributed by atoms with Crippen molar-refractivity contribution < 1.29 is 14.3 Å². The number of thiophene rings is 1. The van der Waals surface area contributed by atoms with Gasteiger partial charge in [-0.15, -0.1) is 21.5 Å². The molecule has 0 aromatic carbocycles. The molecular weight excluding hydrogens is 372 g/mol. The first-order chi connectivity index (χ1) is 12.6. The summed E-state index contributed by atoms with van der Waals surface area (Å²) < 4.78 is 6.89. The molecule has 0 aliphatic heterocycles. The number of carbonyl (C=O) groups excluding carboxylic acids is 2. The molecule has 26 heavy (non-hydrogen) atoms. The van der Waals surface area contributed by atoms with Crippen LogP contribution < -0.4 is 5.32 Å². The standard InChI is InChI=1S/C17H18N4O3S2/c1-3-11-9-12(16(23)24-4-2)15(26-11)18-14(22)10-25-17-20-19-13-7-5-6-8-21(13)17/h5-9H,3-4,10H2,1-2H3,(H,18,22). The lowest BCUT2D eigenvalue weighted by Gasteiger charge is -2.05. The van der Waals surface area contributed by atoms with Crippen LogP contribution in [-0.4, -0.2) is 38.8 Å². The van der Waals surface area contributed by atoms with Crippen LogP contribution in [0, 0.1) is 0 Å². The predicted molar refractivity (Wildman–Crippen MR) is 102 cm³/mol. The molecule has 7 nitrogen and oxygen atoms in total. The summed E-state index contributed by atoms with van der Waals surface area (Å²) in [6, 6.07) is 7.38. The number of thioether (sulfide) groups is 1. The van der Waals surface area contributed by atoms with E-state index in [9.17, 15) is 9.59 Å². The second-order valence-corrected chi connectivity index (χ2v) is 7.36. The van der Waals surface area contributed by atoms with E-state index in [0.717, 1.165) is 16.9 Å². The molecular formula is C17H18N4O3S2. The van der Waals surface area contributed by atoms with Crippen LogP contribution >= 0.6 is 23.1 Å². The third-order valence-corrected chi connectivity index (χ3v) is 5.63. The first-order valence-electron chi connectivity index (χ1n) is 8.14. The van der Waals surface area contributed by atoms with Crippen LogP contribution in [0.1, 0.15) is 29.1 Å². The number of esters is 1. The van der Waals surface area contributed by atoms with E-state index >= 15 is 0 Å². The van der Waals surface area contributed by atoms with Gasteiger partial charge in [-0.3, -0.25) is 9.20 Å². The van der Waals surface area contributed by atoms with Gasteiger partial charge in [0.15, 0.2) is 10.8 Å². The third-order valence-electron chi connectivity index (χ3n) is 3.49. The van der Waals surface area contributed by atoms with Crippen LogP contribution in [0.5, 0.6) is 0 Å². The summed E-state index contributed by atoms with van der Waals surface area (Å²) in [6.07, 6.45) is 2.63. The van der Waals surface area contributed by atoms with Gasteiger partial charge in [-0.25, -0.2) is 4.79 Å². The molecule has 0 saturated carbocycles. The van der Waals surface area contributed by atoms with Crippen molar-refractivity contribution in [2.75, 3.05) is 17.7 Å². The van der Waals surface area contributed by atoms with E-state index < -0.39 is 5.97 Å². The number of aryl methyl sites for hydroxylation is 1. The van der Waals surface area contributed by atoms with Crippen LogP contribution in [0.4, 0.5) is 5.00 Å². The number of rotatable bonds is 7. The van der Waals surface area contributed by atoms with Crippen LogP contribution in [0.15, 0.2) is 35.6 Å². The van der Waals surface area contributed by atoms with Gasteiger partial charge < -0.3 is 10.1 Å². The van der Waals surface area contributed by atoms with Gasteiger partial charge >= 0.3 is 5.97 Å². The van der Waals surface area contributed by atoms with Crippen LogP contribution in [0.3, 0.4) is 0 Å². The normalized spacial score (nSPS) is 10.8. The zero-order valence-corrected chi connectivity index (χ0v) is 16.0. The van der Waals surface area contributed by atoms with Crippen molar-refractivity contribution in [2.45, 2.75) is 25.4 Å². The van der Waals surface area contributed by atoms with Crippen molar-refractivity contribution in [2.24, 2.45) is 0 Å². The lowest BCUT2D eigenvalue weighted by Crippen LogP contribution is -2.16. The molecule has 1 N–H and O–H groups in total. The Labute approximate surface area is 158 Å². The Bertz CT molecular complexity index is 935. The molecule has 0 unspecified atom stereocenters. The lowest BCUT2D eigenvalue weighted by molar-refractivity contribution is -0.113. The van der Waals surface area contributed by atoms with E-state index in [1.165, 1.54) is 23.1 Å². The number of nitrogens with zero attached hydrogens (tertiary/aromatic N) is 3. The number of hydrogen-bond donors (Lipinski definition) is 1. The number of amides is 1. The molecule has 3 aromatic heterocycles. The van der Waals surface area contributed by atoms with Crippen molar-refractivity contribution in [3.05, 3.63) is 40.9 Å². The van der Waals surface area contributed by atoms with Gasteiger partial charge in [0.1, 0.15) is 5.00 Å². The topological polar surface area (TPSA) is 85.6 Å². The van der Waals surface area contributed by atoms with Gasteiger partial charge in [-0.2, -0.15) is 0 Å². The van der Waals surface area contributed by atoms with E-state index in [2.05, 4.69) is 15.5 Å². The SMILES string of the molecule is CCOC(=O)c1cc(CC)sc1NC(=O)CSc1nnc2ccccn12. The highest BCUT2D eigenvalue weighted by atomic mass is 32.2. The summed E-state index contributed by atoms with van der Waals surface area (Å²) in [4.78, 5) is 25.4. The highest BCUT2D eigenvalue weighted by molar-refractivity contribution is 7.99. The Hall–Kier alpha value is -2.39. The molecule has 0 spiro atoms. The monoisotopic (exact) mass is 390 g/mol. The van der Waals surface area contributed by atoms with Crippen LogP contribution in [0.2, 0.25) is 0 Å². The Balaban J connectivity index is 1.68. The molecule has 136 valence electrons. The molecule has 0 bridgehead atoms. The highest BCUT2D eigenvalue weighted by Gasteiger charge is 2.19. The summed E-state index contributed by atoms with van der Waals surface area (Å²) in [5.74, 6) is -0.468. The maximum atomic E-state index is 12.3. The van der Waals surface area contributed by atoms with Crippen LogP contribution in [-0.2, 0) is 16.0 Å². The summed E-state index contributed by atoms with van der Waals surface area (Å²) in [7, 11) is 0. The quantitative estimate of drug-likeness (QED) is 0.492. The van der Waals surface area contributed by atoms with Gasteiger partial charge in [0.25, 0.3) is 0 Å². The maximum Gasteiger partial charge on any atom is 0.341 e. The molecule has 0 aliphatic carbocycles. The van der Waals surface area contributed by atoms with E-state index in [-0.39, 0.29) is 11.7 Å². The average molecular weight is 390 g/mol. The Morgan fingerprint density at radius 3 is 2.92 bits per heavy atom. The van der Waals surface area contributed by atoms with E-state index in [1.54, 1.807) is 13.0 Å². The number of nitrogens with one attached hydrogen (secondary N) is 1. The summed E-state index contributed by atoms with van der Waals surface area (Å²) >= 11 is 2.68. The molecule has 3 aromatic rings. The number of fused-ring (bicyclic) bond motifs is 1. The number of ether oxygens (including phenoxy) is 1. The maximum absolute atomic E-state index is 12.3. The van der Waals surface area contributed by atoms with Crippen molar-refractivity contribution in [3.63, 3.8) is 0 Å². The van der Waals surface area contributed by atoms with Gasteiger partial charge in [-0.05, 0) is 31.5 Å². The van der Waals surface area contributed by atoms with Crippen molar-refractivity contribution in [1.82, 2.24) is 14.6 Å². The smallest absolute Gasteiger partial charge is 0.341 e. The minimum atomic E-state index is -0.421. The molecule has 1 amide bonds. The molecule has 9 heteroatoms. The number of anilines is 1. The zero-order valence-electron chi connectivity index (χ0n) is 14.4. The van der Waals surface area contributed by atoms with Crippen molar-refractivity contribution in [3.8, 4) is 0 Å². The fraction of sp³-hybridized carbons (Fsp3) is 0.294. The van der Waals surface area contributed by atoms with E-state index in [0.29, 0.717) is 22.3 Å². The number of pyridine rings is 1. The van der Waals surface area contributed by atoms with Crippen molar-refractivity contribution in [1.29, 1.82) is 0 Å². The number of carbonyl (C=O) groups is 2. The number of aromatic nitrogens is 3. The second kappa shape index (κ2) is 8.33. The average Bonchev–Trinajstić information content (AvgIpc) is 3.24. The van der Waals surface area contributed by atoms with Crippen LogP contribution in [0.25, 0.3) is 5.65 Å². The lowest BCUT2D eigenvalue weighted by atomic mass is 10.2. The van der Waals surface area contributed by atoms with E-state index in [4.69, 9.17) is 4.74 Å². The van der Waals surface area contributed by atoms with Gasteiger partial charge in [0.05, 0.1) is 17.9 Å². The predicted octanol–water partition coefficient (Wildman–Crippen LogP) is 3.26. The first kappa shape index (κ1) is 18.4. The molecule has 0 aliphatic rings. The first-order valence-corrected chi connectivity index (χ1v) is 9.94. The molecule has 0 fully saturated rings. The van der Waals surface area contributed by atoms with E-state index in [1.807, 2.05) is 35.7 Å². The molecule has 0 atom stereocenters. The second-order valence-electron chi connectivity index (χ2n) is 5.28. The van der Waals surface area contributed by atoms with Gasteiger partial charge in [0.2, 0.25) is 5.91 Å². The molecule has 0 radical (unpaired) electrons. The zero-order chi connectivity index (χ0) is 18.5. The van der Waals surface area contributed by atoms with Gasteiger partial charge in [-0.1, -0.05) is 24.8 Å². The largest absolute Gasteiger partial charge is 0.462 e. The summed E-state index contributed by atoms with van der Waals surface area (Å²) in [6.45, 7) is 4.04. The Morgan fingerprint density at radius 2 is 2.15 bits per heavy atom. The fourth-order valence-electron chi connectivity index (χ4n) is 2.28. The molecule has 0 saturated heterocycles. The van der Waals surface area contributed by atoms with Crippen molar-refractivity contribution >= 4 is 45.6 Å². The summed E-state index contributed by atoms with van der Waals surface area (Å²) in [5.41, 5.74) is 1.13. The Kier molecular flexibility index (Phi) is 5.89. The van der Waals surface area contributed by atoms with Gasteiger partial charge in [0, 0.05) is 11.1 Å². The third kappa shape index (κ3) is 4.05. The molecule has 3 heterocycles. The highest BCUT2D eigenvalue weighted by Crippen LogP contribution is 2.29. The summed E-state index contributed by atoms with van der Waals surface area (Å²) in [5, 5.41) is 12.1. The minimum Gasteiger partial charge on any atom is -0.462 e. The Morgan fingerprint density at radius 1 is 1.31 bits per heavy atom.